The van der Waals surface area contributed by atoms with E-state index in [1.807, 2.05) is 7.05 Å². The molecule has 4 atom stereocenters. The van der Waals surface area contributed by atoms with E-state index in [1.54, 1.807) is 0 Å². The molecule has 2 heteroatoms. The standard InChI is InChI=1S/C11H18N2/c1-11(2)7-4-9(11)8(6-12)10(5-7)13-3/h7-10,13H,4-5H2,1-3H3. The SMILES string of the molecule is CNC1CC2CC(C1C#N)C2(C)C. The van der Waals surface area contributed by atoms with E-state index >= 15 is 0 Å². The summed E-state index contributed by atoms with van der Waals surface area (Å²) in [6.45, 7) is 4.64. The van der Waals surface area contributed by atoms with Crippen molar-refractivity contribution in [1.29, 1.82) is 5.26 Å². The number of hydrogen-bond acceptors (Lipinski definition) is 2. The van der Waals surface area contributed by atoms with E-state index in [-0.39, 0.29) is 5.92 Å². The van der Waals surface area contributed by atoms with E-state index in [2.05, 4.69) is 25.2 Å². The van der Waals surface area contributed by atoms with Gasteiger partial charge in [0.25, 0.3) is 0 Å². The van der Waals surface area contributed by atoms with Gasteiger partial charge < -0.3 is 5.32 Å². The Kier molecular flexibility index (Phi) is 1.89. The topological polar surface area (TPSA) is 35.8 Å². The van der Waals surface area contributed by atoms with Crippen LogP contribution in [-0.2, 0) is 0 Å². The van der Waals surface area contributed by atoms with Crippen LogP contribution in [0.3, 0.4) is 0 Å². The third-order valence-corrected chi connectivity index (χ3v) is 4.47. The quantitative estimate of drug-likeness (QED) is 0.664. The van der Waals surface area contributed by atoms with Crippen molar-refractivity contribution < 1.29 is 0 Å². The lowest BCUT2D eigenvalue weighted by Gasteiger charge is -2.60. The van der Waals surface area contributed by atoms with Crippen LogP contribution in [0.25, 0.3) is 0 Å². The van der Waals surface area contributed by atoms with Gasteiger partial charge in [-0.15, -0.1) is 0 Å². The molecule has 4 unspecified atom stereocenters. The monoisotopic (exact) mass is 178 g/mol. The third-order valence-electron chi connectivity index (χ3n) is 4.47. The maximum absolute atomic E-state index is 9.13. The highest BCUT2D eigenvalue weighted by Crippen LogP contribution is 2.61. The van der Waals surface area contributed by atoms with Crippen LogP contribution in [0.1, 0.15) is 26.7 Å². The lowest BCUT2D eigenvalue weighted by atomic mass is 9.44. The largest absolute Gasteiger partial charge is 0.316 e. The van der Waals surface area contributed by atoms with E-state index in [4.69, 9.17) is 5.26 Å². The number of nitriles is 1. The van der Waals surface area contributed by atoms with Crippen molar-refractivity contribution in [3.8, 4) is 6.07 Å². The summed E-state index contributed by atoms with van der Waals surface area (Å²) in [5.74, 6) is 1.72. The predicted molar refractivity (Wildman–Crippen MR) is 51.9 cm³/mol. The minimum absolute atomic E-state index is 0.241. The molecule has 3 fully saturated rings. The van der Waals surface area contributed by atoms with Gasteiger partial charge in [0.1, 0.15) is 0 Å². The highest BCUT2D eigenvalue weighted by molar-refractivity contribution is 5.13. The van der Waals surface area contributed by atoms with Gasteiger partial charge in [0.15, 0.2) is 0 Å². The fourth-order valence-corrected chi connectivity index (χ4v) is 3.28. The molecule has 3 aliphatic rings. The molecule has 0 amide bonds. The first-order valence-corrected chi connectivity index (χ1v) is 5.18. The highest BCUT2D eigenvalue weighted by Gasteiger charge is 2.57. The Balaban J connectivity index is 2.19. The van der Waals surface area contributed by atoms with Crippen LogP contribution in [0, 0.1) is 34.5 Å². The van der Waals surface area contributed by atoms with E-state index < -0.39 is 0 Å². The molecule has 0 aromatic heterocycles. The summed E-state index contributed by atoms with van der Waals surface area (Å²) in [6.07, 6.45) is 2.47. The van der Waals surface area contributed by atoms with Gasteiger partial charge in [-0.2, -0.15) is 5.26 Å². The average Bonchev–Trinajstić information content (AvgIpc) is 2.16. The smallest absolute Gasteiger partial charge is 0.0675 e. The third kappa shape index (κ3) is 1.03. The second-order valence-corrected chi connectivity index (χ2v) is 5.15. The predicted octanol–water partition coefficient (Wildman–Crippen LogP) is 1.78. The van der Waals surface area contributed by atoms with Crippen molar-refractivity contribution >= 4 is 0 Å². The summed E-state index contributed by atoms with van der Waals surface area (Å²) >= 11 is 0. The second-order valence-electron chi connectivity index (χ2n) is 5.15. The lowest BCUT2D eigenvalue weighted by molar-refractivity contribution is -0.102. The fraction of sp³-hybridized carbons (Fsp3) is 0.909. The van der Waals surface area contributed by atoms with Crippen molar-refractivity contribution in [1.82, 2.24) is 5.32 Å². The molecule has 3 rings (SSSR count). The van der Waals surface area contributed by atoms with Crippen molar-refractivity contribution in [2.75, 3.05) is 7.05 Å². The first-order chi connectivity index (χ1) is 6.11. The molecular weight excluding hydrogens is 160 g/mol. The number of nitrogens with zero attached hydrogens (tertiary/aromatic N) is 1. The van der Waals surface area contributed by atoms with Crippen LogP contribution in [0.15, 0.2) is 0 Å². The summed E-state index contributed by atoms with van der Waals surface area (Å²) in [5, 5.41) is 12.4. The van der Waals surface area contributed by atoms with E-state index in [0.717, 1.165) is 5.92 Å². The first kappa shape index (κ1) is 9.02. The fourth-order valence-electron chi connectivity index (χ4n) is 3.28. The van der Waals surface area contributed by atoms with E-state index in [0.29, 0.717) is 17.4 Å². The maximum atomic E-state index is 9.13. The molecule has 1 N–H and O–H groups in total. The maximum Gasteiger partial charge on any atom is 0.0675 e. The molecule has 3 saturated carbocycles. The molecule has 3 aliphatic carbocycles. The van der Waals surface area contributed by atoms with Crippen LogP contribution in [-0.4, -0.2) is 13.1 Å². The molecule has 13 heavy (non-hydrogen) atoms. The number of fused-ring (bicyclic) bond motifs is 2. The molecule has 0 heterocycles. The van der Waals surface area contributed by atoms with Crippen LogP contribution in [0.5, 0.6) is 0 Å². The second kappa shape index (κ2) is 2.72. The van der Waals surface area contributed by atoms with Crippen molar-refractivity contribution in [2.45, 2.75) is 32.7 Å². The molecule has 0 aromatic carbocycles. The van der Waals surface area contributed by atoms with Crippen LogP contribution < -0.4 is 5.32 Å². The zero-order chi connectivity index (χ0) is 9.64. The highest BCUT2D eigenvalue weighted by atomic mass is 14.9. The van der Waals surface area contributed by atoms with Gasteiger partial charge >= 0.3 is 0 Å². The molecule has 0 aliphatic heterocycles. The van der Waals surface area contributed by atoms with Gasteiger partial charge in [-0.25, -0.2) is 0 Å². The Morgan fingerprint density at radius 3 is 2.54 bits per heavy atom. The van der Waals surface area contributed by atoms with Gasteiger partial charge in [-0.05, 0) is 37.1 Å². The number of rotatable bonds is 1. The van der Waals surface area contributed by atoms with Crippen molar-refractivity contribution in [3.05, 3.63) is 0 Å². The molecular formula is C11H18N2. The lowest BCUT2D eigenvalue weighted by Crippen LogP contribution is -2.59. The summed E-state index contributed by atoms with van der Waals surface area (Å²) in [5.41, 5.74) is 0.424. The van der Waals surface area contributed by atoms with E-state index in [9.17, 15) is 0 Å². The number of hydrogen-bond donors (Lipinski definition) is 1. The van der Waals surface area contributed by atoms with Crippen molar-refractivity contribution in [2.24, 2.45) is 23.2 Å². The Hall–Kier alpha value is -0.550. The number of nitrogens with one attached hydrogen (secondary N) is 1. The zero-order valence-electron chi connectivity index (χ0n) is 8.67. The molecule has 2 nitrogen and oxygen atoms in total. The molecule has 72 valence electrons. The molecule has 0 radical (unpaired) electrons. The summed E-state index contributed by atoms with van der Waals surface area (Å²) < 4.78 is 0. The van der Waals surface area contributed by atoms with Gasteiger partial charge in [0.05, 0.1) is 12.0 Å². The van der Waals surface area contributed by atoms with Gasteiger partial charge in [-0.3, -0.25) is 0 Å². The van der Waals surface area contributed by atoms with Crippen LogP contribution >= 0.6 is 0 Å². The molecule has 2 bridgehead atoms. The van der Waals surface area contributed by atoms with Gasteiger partial charge in [0.2, 0.25) is 0 Å². The molecule has 0 saturated heterocycles. The minimum Gasteiger partial charge on any atom is -0.316 e. The van der Waals surface area contributed by atoms with Gasteiger partial charge in [0, 0.05) is 6.04 Å². The van der Waals surface area contributed by atoms with Gasteiger partial charge in [-0.1, -0.05) is 13.8 Å². The Labute approximate surface area is 80.3 Å². The normalized spacial score (nSPS) is 46.3. The van der Waals surface area contributed by atoms with Crippen LogP contribution in [0.2, 0.25) is 0 Å². The van der Waals surface area contributed by atoms with E-state index in [1.165, 1.54) is 12.8 Å². The van der Waals surface area contributed by atoms with Crippen LogP contribution in [0.4, 0.5) is 0 Å². The summed E-state index contributed by atoms with van der Waals surface area (Å²) in [4.78, 5) is 0. The average molecular weight is 178 g/mol. The Bertz CT molecular complexity index is 251. The Morgan fingerprint density at radius 1 is 1.38 bits per heavy atom. The minimum atomic E-state index is 0.241. The summed E-state index contributed by atoms with van der Waals surface area (Å²) in [6, 6.07) is 2.93. The zero-order valence-corrected chi connectivity index (χ0v) is 8.67. The van der Waals surface area contributed by atoms with Crippen molar-refractivity contribution in [3.63, 3.8) is 0 Å². The summed E-state index contributed by atoms with van der Waals surface area (Å²) in [7, 11) is 1.98. The molecule has 0 spiro atoms. The first-order valence-electron chi connectivity index (χ1n) is 5.18. The molecule has 0 aromatic rings. The Morgan fingerprint density at radius 2 is 2.08 bits per heavy atom.